The monoisotopic (exact) mass is 524 g/mol. The van der Waals surface area contributed by atoms with Crippen molar-refractivity contribution in [3.63, 3.8) is 0 Å². The lowest BCUT2D eigenvalue weighted by atomic mass is 10.3. The summed E-state index contributed by atoms with van der Waals surface area (Å²) in [5, 5.41) is 21.5. The second-order valence-electron chi connectivity index (χ2n) is 7.34. The van der Waals surface area contributed by atoms with Crippen LogP contribution < -0.4 is 0 Å². The van der Waals surface area contributed by atoms with Gasteiger partial charge in [0.25, 0.3) is 5.22 Å². The molecule has 0 aliphatic carbocycles. The smallest absolute Gasteiger partial charge is 0.263 e. The van der Waals surface area contributed by atoms with E-state index in [9.17, 15) is 0 Å². The molecule has 0 amide bonds. The zero-order valence-electron chi connectivity index (χ0n) is 17.3. The van der Waals surface area contributed by atoms with Gasteiger partial charge in [0.2, 0.25) is 0 Å². The van der Waals surface area contributed by atoms with Crippen molar-refractivity contribution >= 4 is 42.0 Å². The Balaban J connectivity index is 1.89. The van der Waals surface area contributed by atoms with Gasteiger partial charge in [-0.05, 0) is 17.6 Å². The van der Waals surface area contributed by atoms with E-state index in [0.29, 0.717) is 36.5 Å². The molecule has 1 aliphatic heterocycles. The van der Waals surface area contributed by atoms with Crippen LogP contribution in [-0.4, -0.2) is 39.8 Å². The Labute approximate surface area is 202 Å². The minimum atomic E-state index is -5.18. The topological polar surface area (TPSA) is 170 Å². The molecular weight excluding hydrogens is 512 g/mol. The average molecular weight is 525 g/mol. The number of hydrogen-bond acceptors (Lipinski definition) is 14. The first kappa shape index (κ1) is 20.1. The maximum atomic E-state index is 6.19. The molecule has 0 fully saturated rings. The quantitative estimate of drug-likeness (QED) is 0.312. The first-order valence-corrected chi connectivity index (χ1v) is 14.0. The Bertz CT molecular complexity index is 1520. The summed E-state index contributed by atoms with van der Waals surface area (Å²) in [6.07, 6.45) is 10.8. The van der Waals surface area contributed by atoms with E-state index in [1.807, 2.05) is 16.8 Å². The number of rotatable bonds is 6. The molecule has 0 unspecified atom stereocenters. The number of nitrogens with one attached hydrogen (secondary N) is 1. The Morgan fingerprint density at radius 3 is 2.60 bits per heavy atom. The predicted octanol–water partition coefficient (Wildman–Crippen LogP) is 5.00. The second kappa shape index (κ2) is 6.65. The fourth-order valence-corrected chi connectivity index (χ4v) is 13.6. The lowest BCUT2D eigenvalue weighted by molar-refractivity contribution is 0.393. The summed E-state index contributed by atoms with van der Waals surface area (Å²) >= 11 is 2.60. The summed E-state index contributed by atoms with van der Waals surface area (Å²) in [5.41, 5.74) is 1.21. The Morgan fingerprint density at radius 1 is 0.943 bits per heavy atom. The molecule has 0 atom stereocenters. The average Bonchev–Trinajstić information content (AvgIpc) is 3.75. The van der Waals surface area contributed by atoms with Gasteiger partial charge >= 0.3 is 0 Å². The van der Waals surface area contributed by atoms with Crippen LogP contribution in [0.1, 0.15) is 11.4 Å². The van der Waals surface area contributed by atoms with E-state index in [1.54, 1.807) is 24.7 Å². The van der Waals surface area contributed by atoms with Gasteiger partial charge in [0, 0.05) is 49.2 Å². The van der Waals surface area contributed by atoms with E-state index < -0.39 is 8.48 Å². The molecule has 0 bridgehead atoms. The van der Waals surface area contributed by atoms with E-state index in [0.717, 1.165) is 0 Å². The molecule has 6 aromatic heterocycles. The highest BCUT2D eigenvalue weighted by molar-refractivity contribution is 8.70. The minimum Gasteiger partial charge on any atom is -0.440 e. The van der Waals surface area contributed by atoms with Crippen LogP contribution in [0.4, 0.5) is 0 Å². The van der Waals surface area contributed by atoms with Gasteiger partial charge < -0.3 is 18.4 Å². The van der Waals surface area contributed by atoms with Crippen molar-refractivity contribution in [3.8, 4) is 0 Å². The van der Waals surface area contributed by atoms with Gasteiger partial charge in [0.1, 0.15) is 18.2 Å². The molecule has 1 aliphatic rings. The van der Waals surface area contributed by atoms with Crippen LogP contribution in [0, 0.1) is 0 Å². The van der Waals surface area contributed by atoms with Crippen molar-refractivity contribution in [2.45, 2.75) is 19.7 Å². The molecule has 16 heteroatoms. The number of aromatic amines is 1. The molecule has 35 heavy (non-hydrogen) atoms. The van der Waals surface area contributed by atoms with E-state index in [1.165, 1.54) is 47.9 Å². The number of aromatic nitrogens is 8. The largest absolute Gasteiger partial charge is 0.440 e. The zero-order valence-corrected chi connectivity index (χ0v) is 19.8. The van der Waals surface area contributed by atoms with E-state index in [2.05, 4.69) is 20.5 Å². The van der Waals surface area contributed by atoms with Crippen LogP contribution in [0.25, 0.3) is 10.6 Å². The van der Waals surface area contributed by atoms with Gasteiger partial charge in [0.05, 0.1) is 16.8 Å². The maximum absolute atomic E-state index is 6.19. The third-order valence-corrected chi connectivity index (χ3v) is 14.8. The minimum absolute atomic E-state index is 0.169. The summed E-state index contributed by atoms with van der Waals surface area (Å²) < 4.78 is 27.1. The van der Waals surface area contributed by atoms with Gasteiger partial charge in [0.15, 0.2) is 26.5 Å². The van der Waals surface area contributed by atoms with E-state index in [-0.39, 0.29) is 5.22 Å². The third-order valence-electron chi connectivity index (χ3n) is 5.88. The first-order chi connectivity index (χ1) is 17.3. The molecule has 0 saturated heterocycles. The summed E-state index contributed by atoms with van der Waals surface area (Å²) in [7, 11) is -5.18. The number of thiazole rings is 1. The van der Waals surface area contributed by atoms with E-state index in [4.69, 9.17) is 42.4 Å². The van der Waals surface area contributed by atoms with Crippen LogP contribution in [-0.2, 0) is 0 Å². The zero-order chi connectivity index (χ0) is 23.4. The summed E-state index contributed by atoms with van der Waals surface area (Å²) in [6.45, 7) is 0. The predicted molar refractivity (Wildman–Crippen MR) is 122 cm³/mol. The van der Waals surface area contributed by atoms with Crippen molar-refractivity contribution in [1.82, 2.24) is 39.8 Å². The highest BCUT2D eigenvalue weighted by Crippen LogP contribution is 3.13. The van der Waals surface area contributed by atoms with Gasteiger partial charge in [-0.2, -0.15) is 4.37 Å². The van der Waals surface area contributed by atoms with Crippen LogP contribution in [0.2, 0.25) is 0 Å². The van der Waals surface area contributed by atoms with Gasteiger partial charge in [-0.25, -0.2) is 15.0 Å². The number of hydrogen-bond donors (Lipinski definition) is 1. The molecule has 7 heterocycles. The Kier molecular flexibility index (Phi) is 3.82. The Hall–Kier alpha value is -4.28. The number of H-pyrrole nitrogens is 1. The molecule has 0 aromatic carbocycles. The van der Waals surface area contributed by atoms with Crippen LogP contribution >= 0.6 is 31.3 Å². The molecule has 174 valence electrons. The maximum Gasteiger partial charge on any atom is 0.263 e. The fraction of sp³-hybridized carbons (Fsp3) is 0. The summed E-state index contributed by atoms with van der Waals surface area (Å²) in [4.78, 5) is 18.1. The van der Waals surface area contributed by atoms with Gasteiger partial charge in [-0.1, -0.05) is 5.16 Å². The summed E-state index contributed by atoms with van der Waals surface area (Å²) in [6, 6.07) is 3.55. The SMILES string of the molecule is c1c[nH]c(S2(c3ccon3)(c3ncco3)(c3nccs3)N=NC(c3conn3)=C2c2ccsn2)n1. The van der Waals surface area contributed by atoms with Crippen LogP contribution in [0.15, 0.2) is 109 Å². The molecule has 13 nitrogen and oxygen atoms in total. The van der Waals surface area contributed by atoms with Crippen molar-refractivity contribution in [2.75, 3.05) is 0 Å². The van der Waals surface area contributed by atoms with E-state index >= 15 is 0 Å². The van der Waals surface area contributed by atoms with Crippen LogP contribution in [0.3, 0.4) is 0 Å². The van der Waals surface area contributed by atoms with Gasteiger partial charge in [-0.15, -0.1) is 26.1 Å². The summed E-state index contributed by atoms with van der Waals surface area (Å²) in [5.74, 6) is 0. The number of oxazole rings is 1. The normalized spacial score (nSPS) is 19.8. The highest BCUT2D eigenvalue weighted by Gasteiger charge is 2.82. The van der Waals surface area contributed by atoms with Crippen LogP contribution in [0.5, 0.6) is 0 Å². The lowest BCUT2D eigenvalue weighted by Crippen LogP contribution is -2.37. The highest BCUT2D eigenvalue weighted by atomic mass is 32.4. The van der Waals surface area contributed by atoms with Crippen molar-refractivity contribution < 1.29 is 13.5 Å². The second-order valence-corrected chi connectivity index (χ2v) is 14.2. The molecule has 0 saturated carbocycles. The Morgan fingerprint density at radius 2 is 1.94 bits per heavy atom. The molecule has 0 radical (unpaired) electrons. The van der Waals surface area contributed by atoms with Gasteiger partial charge in [-0.3, -0.25) is 0 Å². The number of imidazole rings is 1. The molecule has 1 N–H and O–H groups in total. The first-order valence-electron chi connectivity index (χ1n) is 9.90. The van der Waals surface area contributed by atoms with Crippen molar-refractivity contribution in [2.24, 2.45) is 9.63 Å². The third kappa shape index (κ3) is 1.97. The molecule has 6 aromatic rings. The fourth-order valence-electron chi connectivity index (χ4n) is 4.55. The number of nitrogens with zero attached hydrogens (tertiary/aromatic N) is 9. The standard InChI is InChI=1S/C19H12N10O3S3/c1-7-31-26-14(1)35(17-20-3-4-21-17,18-22-5-8-30-18,19-23-6-10-33-19)16(12-2-9-34-27-12)15(25-29-35)13-11-32-28-24-13/h1-11H,(H,20,21). The molecule has 7 rings (SSSR count). The molecular formula is C19H12N10O3S3. The van der Waals surface area contributed by atoms with Crippen molar-refractivity contribution in [1.29, 1.82) is 0 Å². The molecule has 0 spiro atoms. The van der Waals surface area contributed by atoms with Crippen molar-refractivity contribution in [3.05, 3.63) is 77.9 Å². The lowest BCUT2D eigenvalue weighted by Gasteiger charge is -2.64.